The first-order valence-electron chi connectivity index (χ1n) is 9.08. The van der Waals surface area contributed by atoms with Crippen molar-refractivity contribution in [3.63, 3.8) is 0 Å². The van der Waals surface area contributed by atoms with Crippen molar-refractivity contribution in [3.05, 3.63) is 87.4 Å². The number of amides is 1. The van der Waals surface area contributed by atoms with Gasteiger partial charge in [0.05, 0.1) is 15.6 Å². The number of halogens is 2. The molecule has 0 saturated carbocycles. The Bertz CT molecular complexity index is 1180. The van der Waals surface area contributed by atoms with Crippen molar-refractivity contribution in [2.45, 2.75) is 18.7 Å². The Morgan fingerprint density at radius 1 is 1.03 bits per heavy atom. The van der Waals surface area contributed by atoms with E-state index in [0.717, 1.165) is 15.4 Å². The average molecular weight is 508 g/mol. The van der Waals surface area contributed by atoms with Crippen molar-refractivity contribution in [2.75, 3.05) is 16.2 Å². The summed E-state index contributed by atoms with van der Waals surface area (Å²) in [4.78, 5) is 12.9. The predicted octanol–water partition coefficient (Wildman–Crippen LogP) is 5.55. The van der Waals surface area contributed by atoms with Gasteiger partial charge in [0.2, 0.25) is 5.91 Å². The van der Waals surface area contributed by atoms with Gasteiger partial charge in [-0.25, -0.2) is 8.42 Å². The number of aryl methyl sites for hydroxylation is 2. The van der Waals surface area contributed by atoms with Crippen molar-refractivity contribution < 1.29 is 13.2 Å². The maximum atomic E-state index is 13.4. The zero-order valence-electron chi connectivity index (χ0n) is 16.4. The van der Waals surface area contributed by atoms with Gasteiger partial charge >= 0.3 is 0 Å². The van der Waals surface area contributed by atoms with Crippen LogP contribution in [0.25, 0.3) is 0 Å². The number of rotatable bonds is 6. The van der Waals surface area contributed by atoms with Gasteiger partial charge in [-0.05, 0) is 71.7 Å². The number of nitrogens with one attached hydrogen (secondary N) is 1. The first-order valence-corrected chi connectivity index (χ1v) is 11.7. The Hall–Kier alpha value is -2.35. The number of nitrogens with zero attached hydrogens (tertiary/aromatic N) is 1. The lowest BCUT2D eigenvalue weighted by Crippen LogP contribution is -2.38. The fourth-order valence-electron chi connectivity index (χ4n) is 3.01. The van der Waals surface area contributed by atoms with E-state index in [0.29, 0.717) is 20.9 Å². The average Bonchev–Trinajstić information content (AvgIpc) is 2.70. The van der Waals surface area contributed by atoms with E-state index < -0.39 is 15.9 Å². The van der Waals surface area contributed by atoms with Crippen LogP contribution >= 0.6 is 27.5 Å². The minimum absolute atomic E-state index is 0.115. The van der Waals surface area contributed by atoms with Gasteiger partial charge in [0, 0.05) is 10.2 Å². The Balaban J connectivity index is 1.97. The second kappa shape index (κ2) is 9.20. The first-order chi connectivity index (χ1) is 14.2. The predicted molar refractivity (Wildman–Crippen MR) is 125 cm³/mol. The van der Waals surface area contributed by atoms with Crippen LogP contribution in [0.3, 0.4) is 0 Å². The molecule has 0 spiro atoms. The van der Waals surface area contributed by atoms with Crippen LogP contribution < -0.4 is 9.62 Å². The number of hydrogen-bond acceptors (Lipinski definition) is 3. The number of carbonyl (C=O) groups excluding carboxylic acids is 1. The summed E-state index contributed by atoms with van der Waals surface area (Å²) in [6, 6.07) is 18.5. The fourth-order valence-corrected chi connectivity index (χ4v) is 4.94. The van der Waals surface area contributed by atoms with Crippen LogP contribution in [0.5, 0.6) is 0 Å². The number of anilines is 2. The Kier molecular flexibility index (Phi) is 6.85. The zero-order chi connectivity index (χ0) is 21.9. The molecule has 30 heavy (non-hydrogen) atoms. The summed E-state index contributed by atoms with van der Waals surface area (Å²) in [7, 11) is -3.95. The lowest BCUT2D eigenvalue weighted by atomic mass is 10.1. The number of hydrogen-bond donors (Lipinski definition) is 1. The van der Waals surface area contributed by atoms with Gasteiger partial charge in [0.25, 0.3) is 10.0 Å². The summed E-state index contributed by atoms with van der Waals surface area (Å²) in [6.07, 6.45) is 0. The maximum absolute atomic E-state index is 13.4. The van der Waals surface area contributed by atoms with Crippen LogP contribution in [0.4, 0.5) is 11.4 Å². The summed E-state index contributed by atoms with van der Waals surface area (Å²) >= 11 is 9.38. The van der Waals surface area contributed by atoms with E-state index in [-0.39, 0.29) is 11.4 Å². The van der Waals surface area contributed by atoms with Crippen LogP contribution in [0.2, 0.25) is 5.02 Å². The molecule has 0 saturated heterocycles. The van der Waals surface area contributed by atoms with Crippen molar-refractivity contribution in [1.82, 2.24) is 0 Å². The largest absolute Gasteiger partial charge is 0.324 e. The van der Waals surface area contributed by atoms with Crippen molar-refractivity contribution >= 4 is 54.8 Å². The molecule has 0 aliphatic rings. The molecule has 1 amide bonds. The van der Waals surface area contributed by atoms with Gasteiger partial charge in [-0.2, -0.15) is 0 Å². The Labute approximate surface area is 189 Å². The molecule has 0 heterocycles. The van der Waals surface area contributed by atoms with Crippen LogP contribution in [0.1, 0.15) is 11.1 Å². The minimum atomic E-state index is -3.95. The Morgan fingerprint density at radius 3 is 2.37 bits per heavy atom. The fraction of sp³-hybridized carbons (Fsp3) is 0.136. The van der Waals surface area contributed by atoms with Gasteiger partial charge in [-0.1, -0.05) is 47.5 Å². The summed E-state index contributed by atoms with van der Waals surface area (Å²) in [5, 5.41) is 3.15. The van der Waals surface area contributed by atoms with Gasteiger partial charge < -0.3 is 5.32 Å². The van der Waals surface area contributed by atoms with E-state index in [2.05, 4.69) is 21.2 Å². The highest BCUT2D eigenvalue weighted by Gasteiger charge is 2.28. The normalized spacial score (nSPS) is 11.2. The first kappa shape index (κ1) is 22.3. The SMILES string of the molecule is Cc1ccc(N(CC(=O)Nc2ccc(Br)c(Cl)c2)S(=O)(=O)c2ccccc2)c(C)c1. The summed E-state index contributed by atoms with van der Waals surface area (Å²) in [5.41, 5.74) is 2.69. The standard InChI is InChI=1S/C22H20BrClN2O3S/c1-15-8-11-21(16(2)12-15)26(30(28,29)18-6-4-3-5-7-18)14-22(27)25-17-9-10-19(23)20(24)13-17/h3-13H,14H2,1-2H3,(H,25,27). The van der Waals surface area contributed by atoms with Crippen LogP contribution in [-0.2, 0) is 14.8 Å². The van der Waals surface area contributed by atoms with Crippen LogP contribution in [-0.4, -0.2) is 20.9 Å². The van der Waals surface area contributed by atoms with Crippen molar-refractivity contribution in [2.24, 2.45) is 0 Å². The number of carbonyl (C=O) groups is 1. The molecule has 156 valence electrons. The quantitative estimate of drug-likeness (QED) is 0.475. The van der Waals surface area contributed by atoms with Gasteiger partial charge in [0.15, 0.2) is 0 Å². The number of sulfonamides is 1. The molecule has 3 rings (SSSR count). The summed E-state index contributed by atoms with van der Waals surface area (Å²) in [5.74, 6) is -0.479. The molecule has 5 nitrogen and oxygen atoms in total. The molecule has 0 aliphatic heterocycles. The molecule has 0 atom stereocenters. The third-order valence-electron chi connectivity index (χ3n) is 4.44. The molecule has 0 aliphatic carbocycles. The van der Waals surface area contributed by atoms with Gasteiger partial charge in [-0.3, -0.25) is 9.10 Å². The highest BCUT2D eigenvalue weighted by Crippen LogP contribution is 2.28. The maximum Gasteiger partial charge on any atom is 0.264 e. The molecule has 8 heteroatoms. The molecule has 3 aromatic carbocycles. The molecular weight excluding hydrogens is 488 g/mol. The van der Waals surface area contributed by atoms with Crippen molar-refractivity contribution in [1.29, 1.82) is 0 Å². The molecule has 0 radical (unpaired) electrons. The van der Waals surface area contributed by atoms with Crippen LogP contribution in [0, 0.1) is 13.8 Å². The van der Waals surface area contributed by atoms with Crippen molar-refractivity contribution in [3.8, 4) is 0 Å². The summed E-state index contributed by atoms with van der Waals surface area (Å²) < 4.78 is 28.6. The minimum Gasteiger partial charge on any atom is -0.324 e. The summed E-state index contributed by atoms with van der Waals surface area (Å²) in [6.45, 7) is 3.37. The lowest BCUT2D eigenvalue weighted by molar-refractivity contribution is -0.114. The molecule has 0 aromatic heterocycles. The highest BCUT2D eigenvalue weighted by molar-refractivity contribution is 9.10. The second-order valence-corrected chi connectivity index (χ2v) is 9.92. The van der Waals surface area contributed by atoms with E-state index in [9.17, 15) is 13.2 Å². The highest BCUT2D eigenvalue weighted by atomic mass is 79.9. The molecule has 3 aromatic rings. The lowest BCUT2D eigenvalue weighted by Gasteiger charge is -2.26. The molecule has 0 bridgehead atoms. The zero-order valence-corrected chi connectivity index (χ0v) is 19.6. The second-order valence-electron chi connectivity index (χ2n) is 6.79. The van der Waals surface area contributed by atoms with Gasteiger partial charge in [0.1, 0.15) is 6.54 Å². The van der Waals surface area contributed by atoms with Crippen LogP contribution in [0.15, 0.2) is 76.1 Å². The van der Waals surface area contributed by atoms with E-state index >= 15 is 0 Å². The van der Waals surface area contributed by atoms with E-state index in [4.69, 9.17) is 11.6 Å². The van der Waals surface area contributed by atoms with E-state index in [1.165, 1.54) is 12.1 Å². The molecule has 0 unspecified atom stereocenters. The monoisotopic (exact) mass is 506 g/mol. The van der Waals surface area contributed by atoms with E-state index in [1.54, 1.807) is 42.5 Å². The smallest absolute Gasteiger partial charge is 0.264 e. The van der Waals surface area contributed by atoms with E-state index in [1.807, 2.05) is 26.0 Å². The Morgan fingerprint density at radius 2 is 1.73 bits per heavy atom. The third kappa shape index (κ3) is 5.03. The third-order valence-corrected chi connectivity index (χ3v) is 7.45. The molecule has 1 N–H and O–H groups in total. The molecular formula is C22H20BrClN2O3S. The topological polar surface area (TPSA) is 66.5 Å². The molecule has 0 fully saturated rings. The van der Waals surface area contributed by atoms with Gasteiger partial charge in [-0.15, -0.1) is 0 Å². The number of benzene rings is 3.